The van der Waals surface area contributed by atoms with Crippen molar-refractivity contribution < 1.29 is 0 Å². The van der Waals surface area contributed by atoms with Gasteiger partial charge in [0.2, 0.25) is 0 Å². The van der Waals surface area contributed by atoms with Crippen LogP contribution < -0.4 is 5.32 Å². The molecule has 1 aliphatic heterocycles. The van der Waals surface area contributed by atoms with Crippen molar-refractivity contribution in [3.63, 3.8) is 0 Å². The van der Waals surface area contributed by atoms with Crippen LogP contribution >= 0.6 is 0 Å². The summed E-state index contributed by atoms with van der Waals surface area (Å²) >= 11 is 0. The Morgan fingerprint density at radius 1 is 1.36 bits per heavy atom. The molecule has 56 valence electrons. The zero-order chi connectivity index (χ0) is 7.68. The molecule has 0 spiro atoms. The molecule has 0 aromatic heterocycles. The SMILES string of the molecule is Cc1cccc2c1NC=CC2. The van der Waals surface area contributed by atoms with Crippen LogP contribution in [-0.4, -0.2) is 0 Å². The molecule has 0 radical (unpaired) electrons. The van der Waals surface area contributed by atoms with Crippen molar-refractivity contribution in [3.8, 4) is 0 Å². The second-order valence-electron chi connectivity index (χ2n) is 2.86. The van der Waals surface area contributed by atoms with Crippen molar-refractivity contribution in [3.05, 3.63) is 41.6 Å². The highest BCUT2D eigenvalue weighted by atomic mass is 14.9. The van der Waals surface area contributed by atoms with Gasteiger partial charge in [0.1, 0.15) is 0 Å². The molecule has 0 saturated carbocycles. The van der Waals surface area contributed by atoms with Gasteiger partial charge in [0.25, 0.3) is 0 Å². The molecule has 0 unspecified atom stereocenters. The zero-order valence-electron chi connectivity index (χ0n) is 6.59. The van der Waals surface area contributed by atoms with E-state index in [1.165, 1.54) is 16.8 Å². The number of allylic oxidation sites excluding steroid dienone is 1. The van der Waals surface area contributed by atoms with E-state index in [0.29, 0.717) is 0 Å². The van der Waals surface area contributed by atoms with Crippen LogP contribution in [0.1, 0.15) is 11.1 Å². The zero-order valence-corrected chi connectivity index (χ0v) is 6.59. The van der Waals surface area contributed by atoms with Crippen molar-refractivity contribution in [1.29, 1.82) is 0 Å². The molecule has 1 nitrogen and oxygen atoms in total. The third-order valence-corrected chi connectivity index (χ3v) is 2.04. The number of nitrogens with one attached hydrogen (secondary N) is 1. The number of hydrogen-bond acceptors (Lipinski definition) is 1. The van der Waals surface area contributed by atoms with Gasteiger partial charge in [0, 0.05) is 5.69 Å². The van der Waals surface area contributed by atoms with Crippen molar-refractivity contribution in [2.45, 2.75) is 13.3 Å². The molecule has 1 aromatic carbocycles. The van der Waals surface area contributed by atoms with Gasteiger partial charge in [-0.1, -0.05) is 24.3 Å². The quantitative estimate of drug-likeness (QED) is 0.591. The Kier molecular flexibility index (Phi) is 1.42. The van der Waals surface area contributed by atoms with E-state index in [4.69, 9.17) is 0 Å². The van der Waals surface area contributed by atoms with Gasteiger partial charge in [-0.25, -0.2) is 0 Å². The van der Waals surface area contributed by atoms with Gasteiger partial charge >= 0.3 is 0 Å². The molecule has 2 rings (SSSR count). The lowest BCUT2D eigenvalue weighted by atomic mass is 10.0. The second kappa shape index (κ2) is 2.42. The first-order valence-corrected chi connectivity index (χ1v) is 3.88. The monoisotopic (exact) mass is 145 g/mol. The van der Waals surface area contributed by atoms with E-state index in [9.17, 15) is 0 Å². The number of anilines is 1. The smallest absolute Gasteiger partial charge is 0.0445 e. The summed E-state index contributed by atoms with van der Waals surface area (Å²) in [4.78, 5) is 0. The topological polar surface area (TPSA) is 12.0 Å². The van der Waals surface area contributed by atoms with Crippen LogP contribution in [0.15, 0.2) is 30.5 Å². The molecular formula is C10H11N. The number of fused-ring (bicyclic) bond motifs is 1. The van der Waals surface area contributed by atoms with Crippen molar-refractivity contribution in [2.75, 3.05) is 5.32 Å². The molecule has 0 aliphatic carbocycles. The third kappa shape index (κ3) is 1.03. The van der Waals surface area contributed by atoms with Crippen LogP contribution in [0.4, 0.5) is 5.69 Å². The minimum absolute atomic E-state index is 1.06. The molecule has 1 N–H and O–H groups in total. The maximum Gasteiger partial charge on any atom is 0.0445 e. The Morgan fingerprint density at radius 2 is 2.27 bits per heavy atom. The minimum Gasteiger partial charge on any atom is -0.362 e. The molecule has 0 atom stereocenters. The maximum absolute atomic E-state index is 3.25. The molecule has 1 heterocycles. The van der Waals surface area contributed by atoms with Crippen molar-refractivity contribution in [2.24, 2.45) is 0 Å². The number of rotatable bonds is 0. The number of benzene rings is 1. The van der Waals surface area contributed by atoms with Crippen LogP contribution in [0.2, 0.25) is 0 Å². The van der Waals surface area contributed by atoms with Crippen LogP contribution in [0.5, 0.6) is 0 Å². The highest BCUT2D eigenvalue weighted by molar-refractivity contribution is 5.61. The first-order chi connectivity index (χ1) is 5.38. The predicted octanol–water partition coefficient (Wildman–Crippen LogP) is 2.48. The second-order valence-corrected chi connectivity index (χ2v) is 2.86. The number of para-hydroxylation sites is 1. The summed E-state index contributed by atoms with van der Waals surface area (Å²) in [5, 5.41) is 3.25. The Balaban J connectivity index is 2.54. The molecule has 0 amide bonds. The van der Waals surface area contributed by atoms with Crippen LogP contribution in [0, 0.1) is 6.92 Å². The summed E-state index contributed by atoms with van der Waals surface area (Å²) < 4.78 is 0. The Bertz CT molecular complexity index is 300. The van der Waals surface area contributed by atoms with Gasteiger partial charge in [0.15, 0.2) is 0 Å². The summed E-state index contributed by atoms with van der Waals surface area (Å²) in [5.41, 5.74) is 4.01. The van der Waals surface area contributed by atoms with Gasteiger partial charge in [0.05, 0.1) is 0 Å². The summed E-state index contributed by atoms with van der Waals surface area (Å²) in [6.45, 7) is 2.13. The van der Waals surface area contributed by atoms with E-state index in [-0.39, 0.29) is 0 Å². The standard InChI is InChI=1S/C10H11N/c1-8-4-2-5-9-6-3-7-11-10(8)9/h2-5,7,11H,6H2,1H3. The normalized spacial score (nSPS) is 13.9. The van der Waals surface area contributed by atoms with Crippen LogP contribution in [-0.2, 0) is 6.42 Å². The van der Waals surface area contributed by atoms with Gasteiger partial charge in [-0.3, -0.25) is 0 Å². The van der Waals surface area contributed by atoms with Crippen molar-refractivity contribution >= 4 is 5.69 Å². The van der Waals surface area contributed by atoms with Crippen molar-refractivity contribution in [1.82, 2.24) is 0 Å². The number of aryl methyl sites for hydroxylation is 1. The largest absolute Gasteiger partial charge is 0.362 e. The average molecular weight is 145 g/mol. The lowest BCUT2D eigenvalue weighted by Gasteiger charge is -2.14. The lowest BCUT2D eigenvalue weighted by molar-refractivity contribution is 1.20. The van der Waals surface area contributed by atoms with Gasteiger partial charge in [-0.15, -0.1) is 0 Å². The molecule has 1 aromatic rings. The van der Waals surface area contributed by atoms with Crippen LogP contribution in [0.25, 0.3) is 0 Å². The molecular weight excluding hydrogens is 134 g/mol. The summed E-state index contributed by atoms with van der Waals surface area (Å²) in [6, 6.07) is 6.40. The van der Waals surface area contributed by atoms with Gasteiger partial charge in [-0.05, 0) is 30.7 Å². The minimum atomic E-state index is 1.06. The van der Waals surface area contributed by atoms with Gasteiger partial charge in [-0.2, -0.15) is 0 Å². The molecule has 1 aliphatic rings. The molecule has 0 saturated heterocycles. The third-order valence-electron chi connectivity index (χ3n) is 2.04. The maximum atomic E-state index is 3.25. The lowest BCUT2D eigenvalue weighted by Crippen LogP contribution is -2.01. The predicted molar refractivity (Wildman–Crippen MR) is 47.6 cm³/mol. The Morgan fingerprint density at radius 3 is 3.09 bits per heavy atom. The Labute approximate surface area is 66.7 Å². The highest BCUT2D eigenvalue weighted by Crippen LogP contribution is 2.23. The fraction of sp³-hybridized carbons (Fsp3) is 0.200. The highest BCUT2D eigenvalue weighted by Gasteiger charge is 2.04. The van der Waals surface area contributed by atoms with E-state index in [1.807, 2.05) is 6.20 Å². The fourth-order valence-electron chi connectivity index (χ4n) is 1.43. The summed E-state index contributed by atoms with van der Waals surface area (Å²) in [5.74, 6) is 0. The summed E-state index contributed by atoms with van der Waals surface area (Å²) in [7, 11) is 0. The Hall–Kier alpha value is -1.24. The molecule has 0 bridgehead atoms. The van der Waals surface area contributed by atoms with Gasteiger partial charge < -0.3 is 5.32 Å². The van der Waals surface area contributed by atoms with Crippen LogP contribution in [0.3, 0.4) is 0 Å². The van der Waals surface area contributed by atoms with E-state index in [0.717, 1.165) is 6.42 Å². The molecule has 0 fully saturated rings. The average Bonchev–Trinajstić information content (AvgIpc) is 2.06. The number of hydrogen-bond donors (Lipinski definition) is 1. The first-order valence-electron chi connectivity index (χ1n) is 3.88. The molecule has 1 heteroatoms. The first kappa shape index (κ1) is 6.47. The van der Waals surface area contributed by atoms with E-state index in [1.54, 1.807) is 0 Å². The van der Waals surface area contributed by atoms with E-state index >= 15 is 0 Å². The fourth-order valence-corrected chi connectivity index (χ4v) is 1.43. The molecule has 11 heavy (non-hydrogen) atoms. The van der Waals surface area contributed by atoms with E-state index < -0.39 is 0 Å². The summed E-state index contributed by atoms with van der Waals surface area (Å²) in [6.07, 6.45) is 5.21. The van der Waals surface area contributed by atoms with E-state index in [2.05, 4.69) is 36.5 Å².